The summed E-state index contributed by atoms with van der Waals surface area (Å²) < 4.78 is 16.7. The molecule has 98 heavy (non-hydrogen) atoms. The molecule has 0 fully saturated rings. The van der Waals surface area contributed by atoms with Crippen molar-refractivity contribution in [3.8, 4) is 50.7 Å². The van der Waals surface area contributed by atoms with Gasteiger partial charge in [0.2, 0.25) is 0 Å². The second-order valence-corrected chi connectivity index (χ2v) is 34.9. The van der Waals surface area contributed by atoms with E-state index in [-0.39, 0.29) is 59.0 Å². The molecule has 6 nitrogen and oxygen atoms in total. The van der Waals surface area contributed by atoms with Gasteiger partial charge >= 0.3 is 0 Å². The fourth-order valence-electron chi connectivity index (χ4n) is 14.1. The Morgan fingerprint density at radius 1 is 0.418 bits per heavy atom. The first kappa shape index (κ1) is 69.7. The molecule has 12 aromatic rings. The number of hydrogen-bond donors (Lipinski definition) is 0. The third kappa shape index (κ3) is 12.6. The molecule has 0 amide bonds. The Balaban J connectivity index is 0.00000914. The van der Waals surface area contributed by atoms with Gasteiger partial charge in [0, 0.05) is 83.2 Å². The average Bonchev–Trinajstić information content (AvgIpc) is 1.65. The summed E-state index contributed by atoms with van der Waals surface area (Å²) in [7, 11) is 0. The van der Waals surface area contributed by atoms with Crippen LogP contribution >= 0.6 is 0 Å². The molecule has 508 valence electrons. The molecule has 0 aliphatic carbocycles. The SMILES string of the molecule is Cc1c(C)c(-c2cc(C(C)(C)C)cc(C(C)(C)C)c2)c(N2[CH-]N(c3[c-]c(Oc4[c-]c5c(c(-c6cc(C(C)(C)C)cc(C(C)(C)C)c6)c4)c4c6oc7ccccc7c6ccc4n5-c4cc(C(C)(C)C)ccn4)ccc3)c3ccccc32)c(-c2cc(C(C)(C)C)cc(C(C)(C)C)c2)c1C.[Pt]. The molecule has 0 bridgehead atoms. The normalized spacial score (nSPS) is 13.6. The Bertz CT molecular complexity index is 4940. The third-order valence-electron chi connectivity index (χ3n) is 20.4. The average molecular weight is 1480 g/mol. The number of aromatic nitrogens is 2. The predicted molar refractivity (Wildman–Crippen MR) is 413 cm³/mol. The second-order valence-electron chi connectivity index (χ2n) is 34.9. The van der Waals surface area contributed by atoms with Crippen LogP contribution in [0.5, 0.6) is 11.5 Å². The number of hydrogen-bond acceptors (Lipinski definition) is 5. The van der Waals surface area contributed by atoms with E-state index in [4.69, 9.17) is 14.1 Å². The van der Waals surface area contributed by atoms with Gasteiger partial charge in [0.15, 0.2) is 0 Å². The first-order valence-corrected chi connectivity index (χ1v) is 34.9. The van der Waals surface area contributed by atoms with Gasteiger partial charge in [-0.05, 0) is 179 Å². The van der Waals surface area contributed by atoms with E-state index < -0.39 is 0 Å². The summed E-state index contributed by atoms with van der Waals surface area (Å²) in [5.41, 5.74) is 26.5. The first-order valence-electron chi connectivity index (χ1n) is 34.9. The fourth-order valence-corrected chi connectivity index (χ4v) is 14.1. The maximum absolute atomic E-state index is 7.37. The van der Waals surface area contributed by atoms with Crippen LogP contribution in [0.3, 0.4) is 0 Å². The maximum atomic E-state index is 7.37. The number of anilines is 4. The molecule has 0 radical (unpaired) electrons. The van der Waals surface area contributed by atoms with Gasteiger partial charge < -0.3 is 23.5 Å². The molecule has 0 atom stereocenters. The van der Waals surface area contributed by atoms with Crippen molar-refractivity contribution in [2.24, 2.45) is 0 Å². The standard InChI is InChI=1S/C91H99N4O2.Pt/c1-54-55(2)79(58-42-63(88(13,14)15)47-64(43-58)89(16,17)18)83(80(56(54)3)59-44-65(90(19,20)21)48-66(45-59)91(22,23)24)94-53-93(73-33-26-27-34-74(73)94)67-30-29-31-68(50-67)96-69-51-72(57-40-61(86(7,8)9)46-62(41-57)87(10,11)12)81-76(52-69)95(78-49-60(38-39-92-78)85(4,5)6)75-37-36-71-70-32-25-28-35-77(70)97-84(71)82(75)81;/h25-49,51,53H,1-24H3;/q-3;. The Morgan fingerprint density at radius 3 is 1.41 bits per heavy atom. The second kappa shape index (κ2) is 24.3. The van der Waals surface area contributed by atoms with Crippen LogP contribution in [0, 0.1) is 39.6 Å². The van der Waals surface area contributed by atoms with E-state index in [1.54, 1.807) is 0 Å². The molecule has 0 spiro atoms. The summed E-state index contributed by atoms with van der Waals surface area (Å²) in [5, 5.41) is 4.15. The third-order valence-corrected chi connectivity index (χ3v) is 20.4. The van der Waals surface area contributed by atoms with E-state index >= 15 is 0 Å². The number of pyridine rings is 1. The van der Waals surface area contributed by atoms with Crippen LogP contribution in [0.4, 0.5) is 22.7 Å². The molecule has 0 saturated heterocycles. The van der Waals surface area contributed by atoms with Gasteiger partial charge in [-0.15, -0.1) is 48.3 Å². The van der Waals surface area contributed by atoms with Crippen molar-refractivity contribution in [1.29, 1.82) is 0 Å². The molecule has 4 heterocycles. The van der Waals surface area contributed by atoms with Crippen molar-refractivity contribution in [2.45, 2.75) is 204 Å². The molecule has 0 N–H and O–H groups in total. The molecule has 1 aliphatic heterocycles. The molecular weight excluding hydrogens is 1380 g/mol. The van der Waals surface area contributed by atoms with Crippen molar-refractivity contribution in [2.75, 3.05) is 9.80 Å². The van der Waals surface area contributed by atoms with Gasteiger partial charge in [-0.25, -0.2) is 4.98 Å². The van der Waals surface area contributed by atoms with E-state index in [1.807, 2.05) is 18.3 Å². The van der Waals surface area contributed by atoms with Gasteiger partial charge in [0.05, 0.1) is 0 Å². The van der Waals surface area contributed by atoms with Crippen LogP contribution in [0.1, 0.15) is 201 Å². The number of rotatable bonds is 8. The smallest absolute Gasteiger partial charge is 0.135 e. The Labute approximate surface area is 599 Å². The van der Waals surface area contributed by atoms with Gasteiger partial charge in [-0.3, -0.25) is 0 Å². The van der Waals surface area contributed by atoms with Crippen molar-refractivity contribution < 1.29 is 30.2 Å². The minimum absolute atomic E-state index is 0. The zero-order valence-corrected chi connectivity index (χ0v) is 64.8. The van der Waals surface area contributed by atoms with Crippen molar-refractivity contribution in [1.82, 2.24) is 9.55 Å². The molecule has 7 heteroatoms. The molecule has 13 rings (SSSR count). The summed E-state index contributed by atoms with van der Waals surface area (Å²) in [4.78, 5) is 9.97. The number of benzene rings is 9. The van der Waals surface area contributed by atoms with E-state index in [9.17, 15) is 0 Å². The monoisotopic (exact) mass is 1470 g/mol. The van der Waals surface area contributed by atoms with Crippen molar-refractivity contribution in [3.05, 3.63) is 232 Å². The van der Waals surface area contributed by atoms with Gasteiger partial charge in [-0.2, -0.15) is 6.07 Å². The van der Waals surface area contributed by atoms with E-state index in [0.29, 0.717) is 11.5 Å². The molecule has 0 saturated carbocycles. The molecule has 0 unspecified atom stereocenters. The zero-order valence-electron chi connectivity index (χ0n) is 62.5. The summed E-state index contributed by atoms with van der Waals surface area (Å²) in [5.74, 6) is 1.90. The van der Waals surface area contributed by atoms with E-state index in [1.165, 1.54) is 77.9 Å². The zero-order chi connectivity index (χ0) is 69.8. The van der Waals surface area contributed by atoms with Gasteiger partial charge in [0.25, 0.3) is 0 Å². The number of fused-ring (bicyclic) bond motifs is 8. The van der Waals surface area contributed by atoms with Crippen LogP contribution in [0.2, 0.25) is 0 Å². The molecule has 3 aromatic heterocycles. The fraction of sp³-hybridized carbons (Fsp3) is 0.341. The predicted octanol–water partition coefficient (Wildman–Crippen LogP) is 25.9. The minimum Gasteiger partial charge on any atom is -0.509 e. The minimum atomic E-state index is -0.149. The summed E-state index contributed by atoms with van der Waals surface area (Å²) in [6.07, 6.45) is 1.94. The number of furan rings is 1. The largest absolute Gasteiger partial charge is 0.509 e. The topological polar surface area (TPSA) is 46.7 Å². The van der Waals surface area contributed by atoms with Crippen LogP contribution in [-0.4, -0.2) is 9.55 Å². The van der Waals surface area contributed by atoms with Crippen LogP contribution in [0.15, 0.2) is 162 Å². The first-order chi connectivity index (χ1) is 45.2. The maximum Gasteiger partial charge on any atom is 0.135 e. The van der Waals surface area contributed by atoms with Gasteiger partial charge in [-0.1, -0.05) is 241 Å². The summed E-state index contributed by atoms with van der Waals surface area (Å²) >= 11 is 0. The molecule has 9 aromatic carbocycles. The van der Waals surface area contributed by atoms with Crippen LogP contribution in [-0.2, 0) is 59.0 Å². The number of para-hydroxylation sites is 3. The summed E-state index contributed by atoms with van der Waals surface area (Å²) in [6, 6.07) is 64.2. The molecular formula is C91H99N4O2Pt-3. The Hall–Kier alpha value is -8.18. The van der Waals surface area contributed by atoms with Crippen LogP contribution < -0.4 is 14.5 Å². The quantitative estimate of drug-likeness (QED) is 0.142. The van der Waals surface area contributed by atoms with Crippen molar-refractivity contribution in [3.63, 3.8) is 0 Å². The van der Waals surface area contributed by atoms with Crippen LogP contribution in [0.25, 0.3) is 82.9 Å². The Kier molecular flexibility index (Phi) is 17.3. The van der Waals surface area contributed by atoms with E-state index in [0.717, 1.165) is 83.4 Å². The Morgan fingerprint density at radius 2 is 0.898 bits per heavy atom. The summed E-state index contributed by atoms with van der Waals surface area (Å²) in [6.45, 7) is 58.0. The van der Waals surface area contributed by atoms with E-state index in [2.05, 4.69) is 339 Å². The molecule has 1 aliphatic rings. The number of ether oxygens (including phenoxy) is 1. The van der Waals surface area contributed by atoms with Gasteiger partial charge in [0.1, 0.15) is 17.0 Å². The number of nitrogens with zero attached hydrogens (tertiary/aromatic N) is 4. The van der Waals surface area contributed by atoms with Crippen molar-refractivity contribution >= 4 is 66.5 Å².